The maximum Gasteiger partial charge on any atom is 0.303 e. The lowest BCUT2D eigenvalue weighted by atomic mass is 10.1. The Kier molecular flexibility index (Phi) is 5.77. The number of anilines is 1. The largest absolute Gasteiger partial charge is 0.495 e. The molecule has 1 aliphatic heterocycles. The third-order valence-electron chi connectivity index (χ3n) is 4.85. The van der Waals surface area contributed by atoms with Crippen molar-refractivity contribution in [2.75, 3.05) is 18.4 Å². The SMILES string of the molecule is COc1cc(Br)c(F)cc1-n1c2c(ccc1=O)CN(S(=O)(=O)Nc1ccncn1)CC2. The Morgan fingerprint density at radius 1 is 1.26 bits per heavy atom. The monoisotopic (exact) mass is 509 g/mol. The molecule has 0 radical (unpaired) electrons. The van der Waals surface area contributed by atoms with Gasteiger partial charge in [0, 0.05) is 43.5 Å². The molecule has 0 fully saturated rings. The molecule has 1 N–H and O–H groups in total. The first-order valence-electron chi connectivity index (χ1n) is 9.11. The van der Waals surface area contributed by atoms with Crippen LogP contribution in [0.5, 0.6) is 5.75 Å². The molecule has 3 aromatic rings. The van der Waals surface area contributed by atoms with E-state index in [2.05, 4.69) is 30.6 Å². The van der Waals surface area contributed by atoms with E-state index < -0.39 is 16.0 Å². The molecule has 0 aliphatic carbocycles. The molecule has 1 aliphatic rings. The predicted octanol–water partition coefficient (Wildman–Crippen LogP) is 2.25. The van der Waals surface area contributed by atoms with Crippen molar-refractivity contribution in [3.8, 4) is 11.4 Å². The van der Waals surface area contributed by atoms with Crippen molar-refractivity contribution in [2.45, 2.75) is 13.0 Å². The Labute approximate surface area is 185 Å². The van der Waals surface area contributed by atoms with E-state index in [-0.39, 0.29) is 41.0 Å². The maximum absolute atomic E-state index is 14.2. The van der Waals surface area contributed by atoms with Gasteiger partial charge in [0.15, 0.2) is 0 Å². The molecule has 31 heavy (non-hydrogen) atoms. The molecule has 0 unspecified atom stereocenters. The third-order valence-corrected chi connectivity index (χ3v) is 6.92. The van der Waals surface area contributed by atoms with Gasteiger partial charge in [0.2, 0.25) is 0 Å². The van der Waals surface area contributed by atoms with Crippen molar-refractivity contribution in [1.82, 2.24) is 18.8 Å². The van der Waals surface area contributed by atoms with Gasteiger partial charge < -0.3 is 4.74 Å². The molecular formula is C19H17BrFN5O4S. The molecule has 3 heterocycles. The minimum absolute atomic E-state index is 0.0390. The zero-order valence-corrected chi connectivity index (χ0v) is 18.7. The molecule has 0 saturated heterocycles. The number of rotatable bonds is 5. The van der Waals surface area contributed by atoms with Crippen LogP contribution in [-0.4, -0.2) is 40.9 Å². The summed E-state index contributed by atoms with van der Waals surface area (Å²) in [5.74, 6) is -0.0838. The standard InChI is InChI=1S/C19H17BrFN5O4S/c1-30-17-8-13(20)14(21)9-16(17)26-15-5-7-25(10-12(15)2-3-19(26)27)31(28,29)24-18-4-6-22-11-23-18/h2-4,6,8-9,11H,5,7,10H2,1H3,(H,22,23,24). The van der Waals surface area contributed by atoms with Crippen molar-refractivity contribution < 1.29 is 17.5 Å². The summed E-state index contributed by atoms with van der Waals surface area (Å²) >= 11 is 3.11. The van der Waals surface area contributed by atoms with E-state index in [1.54, 1.807) is 6.07 Å². The summed E-state index contributed by atoms with van der Waals surface area (Å²) in [6.45, 7) is 0.162. The number of fused-ring (bicyclic) bond motifs is 1. The number of nitrogens with zero attached hydrogens (tertiary/aromatic N) is 4. The van der Waals surface area contributed by atoms with Gasteiger partial charge in [-0.1, -0.05) is 6.07 Å². The predicted molar refractivity (Wildman–Crippen MR) is 115 cm³/mol. The van der Waals surface area contributed by atoms with Gasteiger partial charge in [0.05, 0.1) is 17.3 Å². The van der Waals surface area contributed by atoms with Crippen LogP contribution >= 0.6 is 15.9 Å². The van der Waals surface area contributed by atoms with E-state index in [0.29, 0.717) is 17.0 Å². The Balaban J connectivity index is 1.72. The van der Waals surface area contributed by atoms with Crippen LogP contribution in [0.15, 0.2) is 52.1 Å². The van der Waals surface area contributed by atoms with E-state index >= 15 is 0 Å². The molecule has 12 heteroatoms. The van der Waals surface area contributed by atoms with E-state index in [4.69, 9.17) is 4.74 Å². The minimum Gasteiger partial charge on any atom is -0.495 e. The summed E-state index contributed by atoms with van der Waals surface area (Å²) in [6, 6.07) is 7.02. The number of halogens is 2. The smallest absolute Gasteiger partial charge is 0.303 e. The Morgan fingerprint density at radius 2 is 2.06 bits per heavy atom. The zero-order valence-electron chi connectivity index (χ0n) is 16.2. The summed E-state index contributed by atoms with van der Waals surface area (Å²) < 4.78 is 50.4. The van der Waals surface area contributed by atoms with E-state index in [9.17, 15) is 17.6 Å². The zero-order chi connectivity index (χ0) is 22.2. The van der Waals surface area contributed by atoms with Crippen LogP contribution in [0, 0.1) is 5.82 Å². The van der Waals surface area contributed by atoms with Crippen molar-refractivity contribution >= 4 is 32.0 Å². The van der Waals surface area contributed by atoms with Crippen LogP contribution in [0.3, 0.4) is 0 Å². The average molecular weight is 510 g/mol. The van der Waals surface area contributed by atoms with Gasteiger partial charge in [-0.3, -0.25) is 14.1 Å². The van der Waals surface area contributed by atoms with Crippen LogP contribution in [0.4, 0.5) is 10.2 Å². The van der Waals surface area contributed by atoms with Crippen molar-refractivity contribution in [1.29, 1.82) is 0 Å². The number of aromatic nitrogens is 3. The van der Waals surface area contributed by atoms with E-state index in [0.717, 1.165) is 0 Å². The first-order valence-corrected chi connectivity index (χ1v) is 11.3. The second-order valence-corrected chi connectivity index (χ2v) is 9.23. The lowest BCUT2D eigenvalue weighted by Crippen LogP contribution is -2.41. The topological polar surface area (TPSA) is 106 Å². The summed E-state index contributed by atoms with van der Waals surface area (Å²) in [4.78, 5) is 20.3. The summed E-state index contributed by atoms with van der Waals surface area (Å²) in [7, 11) is -2.45. The summed E-state index contributed by atoms with van der Waals surface area (Å²) in [5, 5.41) is 0. The molecule has 2 aromatic heterocycles. The fraction of sp³-hybridized carbons (Fsp3) is 0.211. The van der Waals surface area contributed by atoms with E-state index in [1.165, 1.54) is 52.8 Å². The van der Waals surface area contributed by atoms with Gasteiger partial charge in [-0.2, -0.15) is 12.7 Å². The second kappa shape index (κ2) is 8.36. The maximum atomic E-state index is 14.2. The molecule has 162 valence electrons. The molecule has 0 atom stereocenters. The molecule has 0 saturated carbocycles. The molecule has 4 rings (SSSR count). The molecule has 1 aromatic carbocycles. The highest BCUT2D eigenvalue weighted by Crippen LogP contribution is 2.31. The molecule has 0 amide bonds. The Morgan fingerprint density at radius 3 is 2.77 bits per heavy atom. The van der Waals surface area contributed by atoms with Crippen LogP contribution < -0.4 is 15.0 Å². The van der Waals surface area contributed by atoms with Crippen LogP contribution in [0.1, 0.15) is 11.3 Å². The third kappa shape index (κ3) is 4.18. The normalized spacial score (nSPS) is 14.2. The number of ether oxygens (including phenoxy) is 1. The number of hydrogen-bond acceptors (Lipinski definition) is 6. The van der Waals surface area contributed by atoms with Gasteiger partial charge in [-0.15, -0.1) is 0 Å². The van der Waals surface area contributed by atoms with Crippen molar-refractivity contribution in [3.63, 3.8) is 0 Å². The lowest BCUT2D eigenvalue weighted by Gasteiger charge is -2.30. The number of methoxy groups -OCH3 is 1. The van der Waals surface area contributed by atoms with Gasteiger partial charge in [0.1, 0.15) is 23.7 Å². The summed E-state index contributed by atoms with van der Waals surface area (Å²) in [6.07, 6.45) is 2.92. The number of hydrogen-bond donors (Lipinski definition) is 1. The second-order valence-electron chi connectivity index (χ2n) is 6.70. The molecule has 0 bridgehead atoms. The Bertz CT molecular complexity index is 1300. The highest BCUT2D eigenvalue weighted by atomic mass is 79.9. The van der Waals surface area contributed by atoms with Gasteiger partial charge in [0.25, 0.3) is 5.56 Å². The van der Waals surface area contributed by atoms with Crippen molar-refractivity contribution in [3.05, 3.63) is 74.8 Å². The highest BCUT2D eigenvalue weighted by molar-refractivity contribution is 9.10. The number of pyridine rings is 1. The number of nitrogens with one attached hydrogen (secondary N) is 1. The summed E-state index contributed by atoms with van der Waals surface area (Å²) in [5.41, 5.74) is 1.11. The molecule has 0 spiro atoms. The van der Waals surface area contributed by atoms with Crippen LogP contribution in [-0.2, 0) is 23.2 Å². The van der Waals surface area contributed by atoms with Gasteiger partial charge in [-0.05, 0) is 33.6 Å². The fourth-order valence-electron chi connectivity index (χ4n) is 3.41. The quantitative estimate of drug-likeness (QED) is 0.565. The average Bonchev–Trinajstić information content (AvgIpc) is 2.75. The van der Waals surface area contributed by atoms with Crippen molar-refractivity contribution in [2.24, 2.45) is 0 Å². The van der Waals surface area contributed by atoms with Gasteiger partial charge >= 0.3 is 10.2 Å². The van der Waals surface area contributed by atoms with Gasteiger partial charge in [-0.25, -0.2) is 14.4 Å². The van der Waals surface area contributed by atoms with Crippen LogP contribution in [0.2, 0.25) is 0 Å². The first-order chi connectivity index (χ1) is 14.8. The molecule has 9 nitrogen and oxygen atoms in total. The van der Waals surface area contributed by atoms with Crippen LogP contribution in [0.25, 0.3) is 5.69 Å². The highest BCUT2D eigenvalue weighted by Gasteiger charge is 2.29. The molecular weight excluding hydrogens is 493 g/mol. The Hall–Kier alpha value is -2.83. The fourth-order valence-corrected chi connectivity index (χ4v) is 4.89. The lowest BCUT2D eigenvalue weighted by molar-refractivity contribution is 0.385. The van der Waals surface area contributed by atoms with E-state index in [1.807, 2.05) is 0 Å². The first kappa shape index (κ1) is 21.4. The number of benzene rings is 1. The minimum atomic E-state index is -3.88.